The molecular formula is C32H38N4O3. The smallest absolute Gasteiger partial charge is 0.326 e. The van der Waals surface area contributed by atoms with E-state index >= 15 is 0 Å². The van der Waals surface area contributed by atoms with E-state index in [1.54, 1.807) is 35.4 Å². The molecule has 0 saturated heterocycles. The molecule has 0 fully saturated rings. The number of phenolic OH excluding ortho intramolecular Hbond substituents is 1. The lowest BCUT2D eigenvalue weighted by molar-refractivity contribution is 0.256. The number of nitrogens with one attached hydrogen (secondary N) is 2. The monoisotopic (exact) mass is 526 g/mol. The Kier molecular flexibility index (Phi) is 8.38. The van der Waals surface area contributed by atoms with Crippen molar-refractivity contribution in [1.82, 2.24) is 9.97 Å². The van der Waals surface area contributed by atoms with Crippen LogP contribution in [-0.2, 0) is 0 Å². The second kappa shape index (κ2) is 11.7. The maximum Gasteiger partial charge on any atom is 0.326 e. The minimum absolute atomic E-state index is 0.120. The molecule has 7 nitrogen and oxygen atoms in total. The van der Waals surface area contributed by atoms with Crippen LogP contribution in [0.5, 0.6) is 5.75 Å². The topological polar surface area (TPSA) is 98.3 Å². The summed E-state index contributed by atoms with van der Waals surface area (Å²) in [5.74, 6) is 0.794. The number of aromatic nitrogens is 2. The molecule has 0 unspecified atom stereocenters. The predicted octanol–water partition coefficient (Wildman–Crippen LogP) is 7.63. The van der Waals surface area contributed by atoms with Crippen molar-refractivity contribution in [3.8, 4) is 16.9 Å². The van der Waals surface area contributed by atoms with Gasteiger partial charge in [-0.1, -0.05) is 53.7 Å². The van der Waals surface area contributed by atoms with Crippen molar-refractivity contribution >= 4 is 28.4 Å². The van der Waals surface area contributed by atoms with Crippen LogP contribution in [0, 0.1) is 5.92 Å². The number of H-pyrrole nitrogens is 1. The molecule has 0 aliphatic rings. The Morgan fingerprint density at radius 1 is 0.949 bits per heavy atom. The van der Waals surface area contributed by atoms with Crippen LogP contribution in [0.3, 0.4) is 0 Å². The largest absolute Gasteiger partial charge is 0.508 e. The zero-order valence-corrected chi connectivity index (χ0v) is 23.6. The van der Waals surface area contributed by atoms with E-state index in [9.17, 15) is 14.7 Å². The number of aromatic amines is 1. The average Bonchev–Trinajstić information content (AvgIpc) is 2.88. The van der Waals surface area contributed by atoms with Gasteiger partial charge in [-0.3, -0.25) is 9.69 Å². The maximum atomic E-state index is 14.0. The van der Waals surface area contributed by atoms with Crippen molar-refractivity contribution in [2.24, 2.45) is 5.92 Å². The summed E-state index contributed by atoms with van der Waals surface area (Å²) in [6.45, 7) is 13.0. The molecule has 0 bridgehead atoms. The van der Waals surface area contributed by atoms with Gasteiger partial charge < -0.3 is 15.4 Å². The van der Waals surface area contributed by atoms with Gasteiger partial charge >= 0.3 is 6.03 Å². The number of amides is 2. The highest BCUT2D eigenvalue weighted by atomic mass is 16.3. The van der Waals surface area contributed by atoms with Crippen LogP contribution in [0.15, 0.2) is 65.6 Å². The number of hydrogen-bond acceptors (Lipinski definition) is 4. The standard InChI is InChI=1S/C32H38N4O3/c1-19(2)12-14-36(28-18-23-10-8-13-33-30(23)35-31(28)38)32(39)34-29-26(20(3)4)16-24(17-27(29)21(5)6)22-9-7-11-25(37)15-22/h7-11,13,15-21,37H,12,14H2,1-6H3,(H,34,39)(H,33,35,38). The van der Waals surface area contributed by atoms with Crippen molar-refractivity contribution < 1.29 is 9.90 Å². The van der Waals surface area contributed by atoms with Crippen molar-refractivity contribution in [2.45, 2.75) is 59.8 Å². The molecule has 0 aliphatic heterocycles. The highest BCUT2D eigenvalue weighted by Crippen LogP contribution is 2.38. The molecule has 2 aromatic heterocycles. The van der Waals surface area contributed by atoms with E-state index in [1.165, 1.54) is 0 Å². The van der Waals surface area contributed by atoms with Crippen molar-refractivity contribution in [1.29, 1.82) is 0 Å². The summed E-state index contributed by atoms with van der Waals surface area (Å²) in [6.07, 6.45) is 2.37. The molecule has 204 valence electrons. The van der Waals surface area contributed by atoms with Gasteiger partial charge in [-0.05, 0) is 88.9 Å². The van der Waals surface area contributed by atoms with Crippen LogP contribution in [0.4, 0.5) is 16.2 Å². The number of benzene rings is 2. The van der Waals surface area contributed by atoms with Crippen LogP contribution in [0.1, 0.15) is 70.9 Å². The van der Waals surface area contributed by atoms with Crippen molar-refractivity contribution in [3.05, 3.63) is 82.3 Å². The van der Waals surface area contributed by atoms with Gasteiger partial charge in [0.15, 0.2) is 0 Å². The molecule has 7 heteroatoms. The maximum absolute atomic E-state index is 14.0. The Balaban J connectivity index is 1.80. The number of anilines is 2. The number of pyridine rings is 2. The Morgan fingerprint density at radius 2 is 1.64 bits per heavy atom. The molecule has 0 spiro atoms. The van der Waals surface area contributed by atoms with Crippen LogP contribution < -0.4 is 15.8 Å². The number of phenols is 1. The summed E-state index contributed by atoms with van der Waals surface area (Å²) < 4.78 is 0. The lowest BCUT2D eigenvalue weighted by atomic mass is 9.88. The number of hydrogen-bond donors (Lipinski definition) is 3. The van der Waals surface area contributed by atoms with Crippen LogP contribution in [0.25, 0.3) is 22.2 Å². The van der Waals surface area contributed by atoms with E-state index in [0.717, 1.165) is 39.7 Å². The summed E-state index contributed by atoms with van der Waals surface area (Å²) in [5, 5.41) is 14.0. The van der Waals surface area contributed by atoms with Crippen LogP contribution >= 0.6 is 0 Å². The first-order valence-electron chi connectivity index (χ1n) is 13.6. The lowest BCUT2D eigenvalue weighted by Gasteiger charge is -2.27. The van der Waals surface area contributed by atoms with E-state index in [4.69, 9.17) is 0 Å². The molecule has 0 atom stereocenters. The number of carbonyl (C=O) groups is 1. The fraction of sp³-hybridized carbons (Fsp3) is 0.344. The molecular weight excluding hydrogens is 488 g/mol. The van der Waals surface area contributed by atoms with E-state index in [-0.39, 0.29) is 29.2 Å². The van der Waals surface area contributed by atoms with Crippen LogP contribution in [0.2, 0.25) is 0 Å². The first-order chi connectivity index (χ1) is 18.5. The third-order valence-electron chi connectivity index (χ3n) is 6.92. The number of urea groups is 1. The highest BCUT2D eigenvalue weighted by molar-refractivity contribution is 6.03. The molecule has 3 N–H and O–H groups in total. The third-order valence-corrected chi connectivity index (χ3v) is 6.92. The molecule has 4 rings (SSSR count). The third kappa shape index (κ3) is 6.30. The number of fused-ring (bicyclic) bond motifs is 1. The molecule has 2 aromatic carbocycles. The zero-order valence-electron chi connectivity index (χ0n) is 23.6. The van der Waals surface area contributed by atoms with Gasteiger partial charge in [0.05, 0.1) is 0 Å². The Bertz CT molecular complexity index is 1510. The Labute approximate surface area is 229 Å². The van der Waals surface area contributed by atoms with E-state index in [0.29, 0.717) is 23.8 Å². The first kappa shape index (κ1) is 27.9. The van der Waals surface area contributed by atoms with Gasteiger partial charge in [0.25, 0.3) is 5.56 Å². The zero-order chi connectivity index (χ0) is 28.3. The van der Waals surface area contributed by atoms with E-state index < -0.39 is 0 Å². The van der Waals surface area contributed by atoms with Gasteiger partial charge in [0.1, 0.15) is 17.1 Å². The fourth-order valence-electron chi connectivity index (χ4n) is 4.71. The summed E-state index contributed by atoms with van der Waals surface area (Å²) >= 11 is 0. The Hall–Kier alpha value is -4.13. The second-order valence-electron chi connectivity index (χ2n) is 11.1. The highest BCUT2D eigenvalue weighted by Gasteiger charge is 2.24. The van der Waals surface area contributed by atoms with Gasteiger partial charge in [-0.25, -0.2) is 9.78 Å². The van der Waals surface area contributed by atoms with E-state index in [1.807, 2.05) is 18.2 Å². The molecule has 0 radical (unpaired) electrons. The summed E-state index contributed by atoms with van der Waals surface area (Å²) in [4.78, 5) is 35.7. The van der Waals surface area contributed by atoms with E-state index in [2.05, 4.69) is 69.0 Å². The van der Waals surface area contributed by atoms with Crippen molar-refractivity contribution in [3.63, 3.8) is 0 Å². The van der Waals surface area contributed by atoms with Crippen LogP contribution in [-0.4, -0.2) is 27.7 Å². The fourth-order valence-corrected chi connectivity index (χ4v) is 4.71. The van der Waals surface area contributed by atoms with Gasteiger partial charge in [-0.15, -0.1) is 0 Å². The minimum atomic E-state index is -0.354. The summed E-state index contributed by atoms with van der Waals surface area (Å²) in [6, 6.07) is 16.4. The average molecular weight is 527 g/mol. The molecule has 4 aromatic rings. The second-order valence-corrected chi connectivity index (χ2v) is 11.1. The van der Waals surface area contributed by atoms with Gasteiger partial charge in [0, 0.05) is 23.8 Å². The summed E-state index contributed by atoms with van der Waals surface area (Å²) in [5.41, 5.74) is 5.07. The van der Waals surface area contributed by atoms with Crippen molar-refractivity contribution in [2.75, 3.05) is 16.8 Å². The predicted molar refractivity (Wildman–Crippen MR) is 160 cm³/mol. The summed E-state index contributed by atoms with van der Waals surface area (Å²) in [7, 11) is 0. The SMILES string of the molecule is CC(C)CCN(C(=O)Nc1c(C(C)C)cc(-c2cccc(O)c2)cc1C(C)C)c1cc2cccnc2[nH]c1=O. The normalized spacial score (nSPS) is 11.5. The number of carbonyl (C=O) groups excluding carboxylic acids is 1. The van der Waals surface area contributed by atoms with Gasteiger partial charge in [-0.2, -0.15) is 0 Å². The number of rotatable bonds is 8. The molecule has 39 heavy (non-hydrogen) atoms. The first-order valence-corrected chi connectivity index (χ1v) is 13.6. The number of nitrogens with zero attached hydrogens (tertiary/aromatic N) is 2. The Morgan fingerprint density at radius 3 is 2.26 bits per heavy atom. The molecule has 2 heterocycles. The molecule has 0 aliphatic carbocycles. The molecule has 2 amide bonds. The lowest BCUT2D eigenvalue weighted by Crippen LogP contribution is -2.40. The molecule has 0 saturated carbocycles. The number of aromatic hydroxyl groups is 1. The minimum Gasteiger partial charge on any atom is -0.508 e. The quantitative estimate of drug-likeness (QED) is 0.220. The van der Waals surface area contributed by atoms with Gasteiger partial charge in [0.2, 0.25) is 0 Å².